The zero-order chi connectivity index (χ0) is 22.7. The van der Waals surface area contributed by atoms with Crippen LogP contribution in [0.4, 0.5) is 32.0 Å². The van der Waals surface area contributed by atoms with Crippen molar-refractivity contribution >= 4 is 32.7 Å². The van der Waals surface area contributed by atoms with E-state index in [2.05, 4.69) is 19.4 Å². The van der Waals surface area contributed by atoms with Gasteiger partial charge in [0, 0.05) is 18.1 Å². The van der Waals surface area contributed by atoms with E-state index in [1.807, 2.05) is 0 Å². The van der Waals surface area contributed by atoms with Crippen molar-refractivity contribution in [2.45, 2.75) is 24.7 Å². The predicted molar refractivity (Wildman–Crippen MR) is 103 cm³/mol. The number of hydrogen-bond donors (Lipinski definition) is 1. The number of nitrogens with one attached hydrogen (secondary N) is 1. The number of benzene rings is 1. The first-order valence-electron chi connectivity index (χ1n) is 8.08. The van der Waals surface area contributed by atoms with Gasteiger partial charge in [0.15, 0.2) is 0 Å². The normalized spacial score (nSPS) is 15.1. The number of ether oxygens (including phenoxy) is 1. The Bertz CT molecular complexity index is 1010. The van der Waals surface area contributed by atoms with Gasteiger partial charge in [-0.3, -0.25) is 4.98 Å². The minimum atomic E-state index is -4.82. The van der Waals surface area contributed by atoms with Gasteiger partial charge in [-0.25, -0.2) is 4.21 Å². The summed E-state index contributed by atoms with van der Waals surface area (Å²) in [5.41, 5.74) is -0.527. The van der Waals surface area contributed by atoms with Crippen LogP contribution in [0.2, 0.25) is 0 Å². The molecule has 0 aliphatic rings. The van der Waals surface area contributed by atoms with Crippen LogP contribution in [0.25, 0.3) is 0 Å². The van der Waals surface area contributed by atoms with E-state index in [1.165, 1.54) is 25.3 Å². The van der Waals surface area contributed by atoms with Crippen LogP contribution in [-0.2, 0) is 15.9 Å². The standard InChI is InChI=1S/C17H15F6N3O2S2/c1-10(11-3-8-14(24-9-11)16(18,19)20)30(2,27)26-15(29)25-12-4-6-13(7-5-12)28-17(21,22)23/h3-10H,1-2H3,(H,25,29). The Morgan fingerprint density at radius 3 is 2.20 bits per heavy atom. The van der Waals surface area contributed by atoms with Crippen molar-refractivity contribution in [2.24, 2.45) is 4.36 Å². The highest BCUT2D eigenvalue weighted by atomic mass is 32.2. The van der Waals surface area contributed by atoms with E-state index >= 15 is 0 Å². The van der Waals surface area contributed by atoms with E-state index in [-0.39, 0.29) is 16.4 Å². The SMILES string of the molecule is CC(c1ccc(C(F)(F)F)nc1)S(C)(=O)=NC(=S)Nc1ccc(OC(F)(F)F)cc1. The molecule has 2 unspecified atom stereocenters. The Kier molecular flexibility index (Phi) is 6.97. The van der Waals surface area contributed by atoms with Crippen molar-refractivity contribution in [3.05, 3.63) is 53.9 Å². The molecule has 0 aliphatic heterocycles. The number of nitrogens with zero attached hydrogens (tertiary/aromatic N) is 2. The van der Waals surface area contributed by atoms with E-state index in [0.717, 1.165) is 30.5 Å². The molecular weight excluding hydrogens is 456 g/mol. The molecule has 0 spiro atoms. The molecule has 164 valence electrons. The molecule has 1 N–H and O–H groups in total. The average molecular weight is 471 g/mol. The van der Waals surface area contributed by atoms with Gasteiger partial charge < -0.3 is 10.1 Å². The Morgan fingerprint density at radius 1 is 1.13 bits per heavy atom. The molecule has 0 saturated carbocycles. The summed E-state index contributed by atoms with van der Waals surface area (Å²) in [5, 5.41) is 1.60. The summed E-state index contributed by atoms with van der Waals surface area (Å²) in [4.78, 5) is 3.33. The maximum Gasteiger partial charge on any atom is 0.573 e. The Hall–Kier alpha value is -2.41. The van der Waals surface area contributed by atoms with Crippen LogP contribution < -0.4 is 10.1 Å². The third kappa shape index (κ3) is 6.83. The largest absolute Gasteiger partial charge is 0.573 e. The summed E-state index contributed by atoms with van der Waals surface area (Å²) < 4.78 is 94.9. The molecule has 0 fully saturated rings. The topological polar surface area (TPSA) is 63.6 Å². The number of aromatic nitrogens is 1. The van der Waals surface area contributed by atoms with Crippen molar-refractivity contribution in [1.29, 1.82) is 0 Å². The van der Waals surface area contributed by atoms with Gasteiger partial charge in [-0.15, -0.1) is 13.2 Å². The van der Waals surface area contributed by atoms with Gasteiger partial charge in [0.25, 0.3) is 0 Å². The zero-order valence-corrected chi connectivity index (χ0v) is 17.0. The van der Waals surface area contributed by atoms with Crippen molar-refractivity contribution in [3.8, 4) is 5.75 Å². The molecule has 0 saturated heterocycles. The van der Waals surface area contributed by atoms with E-state index in [9.17, 15) is 30.6 Å². The Morgan fingerprint density at radius 2 is 1.73 bits per heavy atom. The molecular formula is C17H15F6N3O2S2. The summed E-state index contributed by atoms with van der Waals surface area (Å²) in [7, 11) is -3.04. The summed E-state index contributed by atoms with van der Waals surface area (Å²) in [6, 6.07) is 6.56. The van der Waals surface area contributed by atoms with E-state index in [1.54, 1.807) is 0 Å². The predicted octanol–water partition coefficient (Wildman–Crippen LogP) is 5.55. The summed E-state index contributed by atoms with van der Waals surface area (Å²) in [6.45, 7) is 1.50. The average Bonchev–Trinajstić information content (AvgIpc) is 2.60. The monoisotopic (exact) mass is 471 g/mol. The number of hydrogen-bond acceptors (Lipinski definition) is 4. The quantitative estimate of drug-likeness (QED) is 0.468. The number of rotatable bonds is 4. The number of anilines is 1. The first-order valence-corrected chi connectivity index (χ1v) is 10.5. The van der Waals surface area contributed by atoms with Crippen LogP contribution >= 0.6 is 12.2 Å². The van der Waals surface area contributed by atoms with E-state index in [0.29, 0.717) is 0 Å². The lowest BCUT2D eigenvalue weighted by Crippen LogP contribution is -2.17. The summed E-state index contributed by atoms with van der Waals surface area (Å²) in [6.07, 6.45) is -7.16. The van der Waals surface area contributed by atoms with Crippen molar-refractivity contribution in [2.75, 3.05) is 11.6 Å². The molecule has 13 heteroatoms. The maximum atomic E-state index is 12.9. The first kappa shape index (κ1) is 23.9. The van der Waals surface area contributed by atoms with Gasteiger partial charge in [0.05, 0.1) is 15.0 Å². The van der Waals surface area contributed by atoms with Gasteiger partial charge in [-0.1, -0.05) is 6.07 Å². The lowest BCUT2D eigenvalue weighted by Gasteiger charge is -2.15. The van der Waals surface area contributed by atoms with Gasteiger partial charge in [-0.2, -0.15) is 17.5 Å². The number of halogens is 6. The van der Waals surface area contributed by atoms with Crippen LogP contribution in [0.5, 0.6) is 5.75 Å². The maximum absolute atomic E-state index is 12.9. The highest BCUT2D eigenvalue weighted by Crippen LogP contribution is 2.30. The third-order valence-electron chi connectivity index (χ3n) is 3.81. The number of alkyl halides is 6. The number of pyridine rings is 1. The molecule has 30 heavy (non-hydrogen) atoms. The van der Waals surface area contributed by atoms with Crippen LogP contribution in [-0.4, -0.2) is 26.9 Å². The Labute approximate surface area is 173 Å². The van der Waals surface area contributed by atoms with Gasteiger partial charge >= 0.3 is 12.5 Å². The van der Waals surface area contributed by atoms with Crippen LogP contribution in [0.1, 0.15) is 23.4 Å². The van der Waals surface area contributed by atoms with Crippen LogP contribution in [0, 0.1) is 0 Å². The van der Waals surface area contributed by atoms with Gasteiger partial charge in [0.2, 0.25) is 5.11 Å². The second-order valence-electron chi connectivity index (χ2n) is 6.07. The molecule has 0 bridgehead atoms. The molecule has 2 aromatic rings. The lowest BCUT2D eigenvalue weighted by molar-refractivity contribution is -0.274. The van der Waals surface area contributed by atoms with Crippen molar-refractivity contribution in [3.63, 3.8) is 0 Å². The fourth-order valence-electron chi connectivity index (χ4n) is 2.20. The molecule has 1 heterocycles. The minimum Gasteiger partial charge on any atom is -0.406 e. The van der Waals surface area contributed by atoms with Gasteiger partial charge in [-0.05, 0) is 55.0 Å². The Balaban J connectivity index is 2.12. The molecule has 0 radical (unpaired) electrons. The lowest BCUT2D eigenvalue weighted by atomic mass is 10.2. The molecule has 1 aromatic heterocycles. The second kappa shape index (κ2) is 8.76. The fraction of sp³-hybridized carbons (Fsp3) is 0.294. The van der Waals surface area contributed by atoms with E-state index in [4.69, 9.17) is 12.2 Å². The van der Waals surface area contributed by atoms with Crippen LogP contribution in [0.15, 0.2) is 47.0 Å². The third-order valence-corrected chi connectivity index (χ3v) is 6.24. The second-order valence-corrected chi connectivity index (χ2v) is 9.07. The molecule has 2 rings (SSSR count). The summed E-state index contributed by atoms with van der Waals surface area (Å²) in [5.74, 6) is -0.432. The number of thiocarbonyl (C=S) groups is 1. The minimum absolute atomic E-state index is 0.210. The van der Waals surface area contributed by atoms with E-state index < -0.39 is 39.0 Å². The highest BCUT2D eigenvalue weighted by molar-refractivity contribution is 7.94. The molecule has 0 aliphatic carbocycles. The highest BCUT2D eigenvalue weighted by Gasteiger charge is 2.32. The molecule has 2 atom stereocenters. The van der Waals surface area contributed by atoms with Crippen LogP contribution in [0.3, 0.4) is 0 Å². The molecule has 1 aromatic carbocycles. The van der Waals surface area contributed by atoms with Crippen molar-refractivity contribution < 1.29 is 35.3 Å². The molecule has 0 amide bonds. The fourth-order valence-corrected chi connectivity index (χ4v) is 3.94. The van der Waals surface area contributed by atoms with Gasteiger partial charge in [0.1, 0.15) is 11.4 Å². The first-order chi connectivity index (χ1) is 13.7. The smallest absolute Gasteiger partial charge is 0.406 e. The molecule has 5 nitrogen and oxygen atoms in total. The summed E-state index contributed by atoms with van der Waals surface area (Å²) >= 11 is 5.01. The zero-order valence-electron chi connectivity index (χ0n) is 15.4. The van der Waals surface area contributed by atoms with Crippen molar-refractivity contribution in [1.82, 2.24) is 4.98 Å².